The zero-order valence-corrected chi connectivity index (χ0v) is 26.1. The predicted molar refractivity (Wildman–Crippen MR) is 159 cm³/mol. The number of hydrogen-bond donors (Lipinski definition) is 0. The van der Waals surface area contributed by atoms with E-state index in [1.807, 2.05) is 13.8 Å². The van der Waals surface area contributed by atoms with Crippen molar-refractivity contribution in [3.63, 3.8) is 0 Å². The lowest BCUT2D eigenvalue weighted by Crippen LogP contribution is -2.39. The van der Waals surface area contributed by atoms with Gasteiger partial charge in [0.1, 0.15) is 0 Å². The minimum atomic E-state index is -0.583. The number of rotatable bonds is 20. The molecule has 0 bridgehead atoms. The summed E-state index contributed by atoms with van der Waals surface area (Å²) in [6, 6.07) is 0. The van der Waals surface area contributed by atoms with Crippen molar-refractivity contribution in [2.24, 2.45) is 17.3 Å². The Labute approximate surface area is 248 Å². The predicted octanol–water partition coefficient (Wildman–Crippen LogP) is 6.91. The average Bonchev–Trinajstić information content (AvgIpc) is 2.98. The third kappa shape index (κ3) is 13.0. The Hall–Kier alpha value is -1.74. The summed E-state index contributed by atoms with van der Waals surface area (Å²) < 4.78 is 34.2. The fourth-order valence-electron chi connectivity index (χ4n) is 6.15. The molecule has 2 saturated carbocycles. The maximum absolute atomic E-state index is 11.6. The Kier molecular flexibility index (Phi) is 16.8. The van der Waals surface area contributed by atoms with Gasteiger partial charge in [0.05, 0.1) is 38.6 Å². The van der Waals surface area contributed by atoms with E-state index in [1.54, 1.807) is 0 Å². The van der Waals surface area contributed by atoms with Crippen LogP contribution in [0, 0.1) is 17.3 Å². The van der Waals surface area contributed by atoms with E-state index in [0.29, 0.717) is 51.1 Å². The summed E-state index contributed by atoms with van der Waals surface area (Å²) in [5.41, 5.74) is 0.284. The van der Waals surface area contributed by atoms with Crippen molar-refractivity contribution in [1.82, 2.24) is 0 Å². The van der Waals surface area contributed by atoms with Crippen LogP contribution in [0.3, 0.4) is 0 Å². The van der Waals surface area contributed by atoms with Gasteiger partial charge in [0, 0.05) is 25.0 Å². The molecule has 8 heteroatoms. The standard InChI is InChI=1S/C33H56O8/c1-7-21-38-31(40-29(34)9-3)19-23-36-27-15-11-25(12-16-27)33(5,6)26-13-17-28(18-14-26)37-24-20-32(39-22-8-2)41-30(35)10-4/h9-10,25-28,31-32H,3-4,7-8,11-24H2,1-2,5-6H3. The molecule has 0 aromatic heterocycles. The third-order valence-electron chi connectivity index (χ3n) is 8.71. The van der Waals surface area contributed by atoms with Gasteiger partial charge in [0.25, 0.3) is 0 Å². The van der Waals surface area contributed by atoms with Gasteiger partial charge in [0.15, 0.2) is 0 Å². The molecular formula is C33H56O8. The van der Waals surface area contributed by atoms with Crippen molar-refractivity contribution in [2.45, 2.75) is 130 Å². The first kappa shape index (κ1) is 35.5. The van der Waals surface area contributed by atoms with Crippen LogP contribution in [0.15, 0.2) is 25.3 Å². The minimum absolute atomic E-state index is 0.254. The van der Waals surface area contributed by atoms with Crippen LogP contribution in [0.1, 0.15) is 105 Å². The highest BCUT2D eigenvalue weighted by Crippen LogP contribution is 2.48. The monoisotopic (exact) mass is 580 g/mol. The Morgan fingerprint density at radius 3 is 1.37 bits per heavy atom. The highest BCUT2D eigenvalue weighted by Gasteiger charge is 2.40. The second kappa shape index (κ2) is 19.4. The minimum Gasteiger partial charge on any atom is -0.433 e. The number of carbonyl (C=O) groups excluding carboxylic acids is 2. The highest BCUT2D eigenvalue weighted by molar-refractivity contribution is 5.81. The van der Waals surface area contributed by atoms with E-state index in [-0.39, 0.29) is 17.6 Å². The van der Waals surface area contributed by atoms with Gasteiger partial charge in [-0.05, 0) is 81.5 Å². The average molecular weight is 581 g/mol. The van der Waals surface area contributed by atoms with Gasteiger partial charge in [-0.15, -0.1) is 0 Å². The molecule has 8 nitrogen and oxygen atoms in total. The smallest absolute Gasteiger partial charge is 0.332 e. The zero-order chi connectivity index (χ0) is 30.1. The second-order valence-corrected chi connectivity index (χ2v) is 12.0. The molecule has 2 fully saturated rings. The molecule has 0 aromatic carbocycles. The molecule has 0 aliphatic heterocycles. The summed E-state index contributed by atoms with van der Waals surface area (Å²) >= 11 is 0. The number of carbonyl (C=O) groups is 2. The molecule has 41 heavy (non-hydrogen) atoms. The lowest BCUT2D eigenvalue weighted by Gasteiger charge is -2.46. The Bertz CT molecular complexity index is 703. The topological polar surface area (TPSA) is 89.5 Å². The van der Waals surface area contributed by atoms with Gasteiger partial charge in [-0.2, -0.15) is 0 Å². The fourth-order valence-corrected chi connectivity index (χ4v) is 6.15. The van der Waals surface area contributed by atoms with Crippen molar-refractivity contribution in [3.8, 4) is 0 Å². The molecule has 0 spiro atoms. The molecule has 236 valence electrons. The summed E-state index contributed by atoms with van der Waals surface area (Å²) in [5, 5.41) is 0. The van der Waals surface area contributed by atoms with Gasteiger partial charge in [-0.1, -0.05) is 40.9 Å². The number of esters is 2. The molecule has 2 aliphatic carbocycles. The fraction of sp³-hybridized carbons (Fsp3) is 0.818. The van der Waals surface area contributed by atoms with Crippen LogP contribution >= 0.6 is 0 Å². The van der Waals surface area contributed by atoms with E-state index in [0.717, 1.165) is 50.7 Å². The SMILES string of the molecule is C=CC(=O)OC(CCOC1CCC(C(C)(C)C2CCC(OCCC(OCCC)OC(=O)C=C)CC2)CC1)OCCC. The maximum atomic E-state index is 11.6. The van der Waals surface area contributed by atoms with E-state index in [9.17, 15) is 9.59 Å². The molecule has 2 aliphatic rings. The molecule has 2 unspecified atom stereocenters. The van der Waals surface area contributed by atoms with Gasteiger partial charge in [-0.3, -0.25) is 0 Å². The van der Waals surface area contributed by atoms with Gasteiger partial charge in [0.2, 0.25) is 12.6 Å². The van der Waals surface area contributed by atoms with Crippen LogP contribution in [0.5, 0.6) is 0 Å². The van der Waals surface area contributed by atoms with E-state index in [1.165, 1.54) is 25.7 Å². The number of hydrogen-bond acceptors (Lipinski definition) is 8. The molecule has 2 atom stereocenters. The lowest BCUT2D eigenvalue weighted by molar-refractivity contribution is -0.179. The molecule has 2 rings (SSSR count). The van der Waals surface area contributed by atoms with Crippen LogP contribution in [-0.2, 0) is 38.0 Å². The molecule has 0 radical (unpaired) electrons. The van der Waals surface area contributed by atoms with Crippen LogP contribution in [-0.4, -0.2) is 63.2 Å². The first-order valence-corrected chi connectivity index (χ1v) is 15.9. The molecule has 0 aromatic rings. The van der Waals surface area contributed by atoms with E-state index in [4.69, 9.17) is 28.4 Å². The normalized spacial score (nSPS) is 24.7. The quantitative estimate of drug-likeness (QED) is 0.0872. The highest BCUT2D eigenvalue weighted by atomic mass is 16.7. The van der Waals surface area contributed by atoms with Crippen LogP contribution in [0.4, 0.5) is 0 Å². The first-order valence-electron chi connectivity index (χ1n) is 15.9. The first-order chi connectivity index (χ1) is 19.7. The molecule has 0 amide bonds. The van der Waals surface area contributed by atoms with Gasteiger partial charge in [-0.25, -0.2) is 9.59 Å². The molecule has 0 N–H and O–H groups in total. The van der Waals surface area contributed by atoms with Crippen molar-refractivity contribution in [2.75, 3.05) is 26.4 Å². The Balaban J connectivity index is 1.69. The zero-order valence-electron chi connectivity index (χ0n) is 26.1. The third-order valence-corrected chi connectivity index (χ3v) is 8.71. The van der Waals surface area contributed by atoms with Gasteiger partial charge < -0.3 is 28.4 Å². The molecular weight excluding hydrogens is 524 g/mol. The Morgan fingerprint density at radius 1 is 0.683 bits per heavy atom. The van der Waals surface area contributed by atoms with Crippen molar-refractivity contribution >= 4 is 11.9 Å². The summed E-state index contributed by atoms with van der Waals surface area (Å²) in [4.78, 5) is 23.2. The van der Waals surface area contributed by atoms with E-state index < -0.39 is 24.5 Å². The van der Waals surface area contributed by atoms with Crippen LogP contribution in [0.25, 0.3) is 0 Å². The van der Waals surface area contributed by atoms with Gasteiger partial charge >= 0.3 is 11.9 Å². The lowest BCUT2D eigenvalue weighted by atomic mass is 9.60. The summed E-state index contributed by atoms with van der Waals surface area (Å²) in [5.74, 6) is 0.447. The molecule has 0 heterocycles. The summed E-state index contributed by atoms with van der Waals surface area (Å²) in [6.45, 7) is 18.0. The van der Waals surface area contributed by atoms with Crippen molar-refractivity contribution < 1.29 is 38.0 Å². The summed E-state index contributed by atoms with van der Waals surface area (Å²) in [7, 11) is 0. The van der Waals surface area contributed by atoms with Crippen molar-refractivity contribution in [3.05, 3.63) is 25.3 Å². The van der Waals surface area contributed by atoms with Crippen molar-refractivity contribution in [1.29, 1.82) is 0 Å². The van der Waals surface area contributed by atoms with E-state index >= 15 is 0 Å². The van der Waals surface area contributed by atoms with Crippen LogP contribution in [0.2, 0.25) is 0 Å². The molecule has 0 saturated heterocycles. The largest absolute Gasteiger partial charge is 0.433 e. The van der Waals surface area contributed by atoms with E-state index in [2.05, 4.69) is 27.0 Å². The number of ether oxygens (including phenoxy) is 6. The second-order valence-electron chi connectivity index (χ2n) is 12.0. The maximum Gasteiger partial charge on any atom is 0.332 e. The van der Waals surface area contributed by atoms with Crippen LogP contribution < -0.4 is 0 Å². The summed E-state index contributed by atoms with van der Waals surface area (Å²) in [6.07, 6.45) is 13.4. The Morgan fingerprint density at radius 2 is 1.05 bits per heavy atom.